The molecule has 0 spiro atoms. The summed E-state index contributed by atoms with van der Waals surface area (Å²) in [6.07, 6.45) is 1.73. The molecule has 184 valence electrons. The lowest BCUT2D eigenvalue weighted by molar-refractivity contribution is -0.384. The summed E-state index contributed by atoms with van der Waals surface area (Å²) in [7, 11) is 0. The maximum Gasteiger partial charge on any atom is 0.271 e. The van der Waals surface area contributed by atoms with E-state index in [4.69, 9.17) is 4.74 Å². The van der Waals surface area contributed by atoms with Crippen LogP contribution in [0.1, 0.15) is 17.0 Å². The van der Waals surface area contributed by atoms with Gasteiger partial charge in [0.15, 0.2) is 11.0 Å². The van der Waals surface area contributed by atoms with Crippen LogP contribution in [0.5, 0.6) is 5.75 Å². The number of nitrogens with zero attached hydrogens (tertiary/aromatic N) is 4. The third-order valence-electron chi connectivity index (χ3n) is 5.65. The average molecular weight is 504 g/mol. The van der Waals surface area contributed by atoms with E-state index in [1.807, 2.05) is 35.8 Å². The summed E-state index contributed by atoms with van der Waals surface area (Å²) in [5, 5.41) is 25.1. The number of hydrogen-bond donors (Lipinski definition) is 1. The maximum absolute atomic E-state index is 12.5. The van der Waals surface area contributed by atoms with Gasteiger partial charge in [-0.15, -0.1) is 16.8 Å². The highest BCUT2D eigenvalue weighted by Crippen LogP contribution is 2.28. The Balaban J connectivity index is 1.43. The number of rotatable bonds is 10. The molecule has 1 heterocycles. The van der Waals surface area contributed by atoms with E-state index in [0.717, 1.165) is 27.6 Å². The fourth-order valence-corrected chi connectivity index (χ4v) is 4.49. The predicted octanol–water partition coefficient (Wildman–Crippen LogP) is 5.45. The number of thioether (sulfide) groups is 1. The monoisotopic (exact) mass is 503 g/mol. The van der Waals surface area contributed by atoms with E-state index < -0.39 is 4.92 Å². The molecule has 0 radical (unpaired) electrons. The number of aryl methyl sites for hydroxylation is 2. The predicted molar refractivity (Wildman–Crippen MR) is 140 cm³/mol. The minimum atomic E-state index is -0.495. The quantitative estimate of drug-likeness (QED) is 0.132. The summed E-state index contributed by atoms with van der Waals surface area (Å²) in [6, 6.07) is 16.5. The fourth-order valence-electron chi connectivity index (χ4n) is 3.73. The van der Waals surface area contributed by atoms with E-state index in [0.29, 0.717) is 23.2 Å². The maximum atomic E-state index is 12.5. The summed E-state index contributed by atoms with van der Waals surface area (Å²) in [5.74, 6) is 1.13. The SMILES string of the molecule is C=CCn1c(COc2ccc3ccccc3c2C)nnc1SCC(=O)Nc1cc([N+](=O)[O-])ccc1C. The molecule has 9 nitrogen and oxygen atoms in total. The summed E-state index contributed by atoms with van der Waals surface area (Å²) in [4.78, 5) is 23.1. The molecule has 0 fully saturated rings. The Hall–Kier alpha value is -4.18. The molecule has 0 saturated carbocycles. The van der Waals surface area contributed by atoms with Crippen molar-refractivity contribution in [2.45, 2.75) is 32.2 Å². The van der Waals surface area contributed by atoms with Crippen LogP contribution in [-0.2, 0) is 17.9 Å². The Labute approximate surface area is 212 Å². The molecule has 0 aliphatic rings. The number of amides is 1. The lowest BCUT2D eigenvalue weighted by Gasteiger charge is -2.12. The largest absolute Gasteiger partial charge is 0.485 e. The first kappa shape index (κ1) is 24.9. The summed E-state index contributed by atoms with van der Waals surface area (Å²) in [6.45, 7) is 8.27. The Morgan fingerprint density at radius 3 is 2.78 bits per heavy atom. The van der Waals surface area contributed by atoms with Crippen LogP contribution in [0.3, 0.4) is 0 Å². The number of nitro groups is 1. The minimum absolute atomic E-state index is 0.0576. The van der Waals surface area contributed by atoms with Crippen molar-refractivity contribution in [2.24, 2.45) is 0 Å². The van der Waals surface area contributed by atoms with Gasteiger partial charge in [0.25, 0.3) is 5.69 Å². The van der Waals surface area contributed by atoms with Crippen LogP contribution >= 0.6 is 11.8 Å². The number of ether oxygens (including phenoxy) is 1. The van der Waals surface area contributed by atoms with Gasteiger partial charge in [0.05, 0.1) is 16.4 Å². The first-order chi connectivity index (χ1) is 17.4. The first-order valence-corrected chi connectivity index (χ1v) is 12.2. The van der Waals surface area contributed by atoms with Crippen LogP contribution in [0, 0.1) is 24.0 Å². The molecule has 0 atom stereocenters. The number of anilines is 1. The van der Waals surface area contributed by atoms with Crippen molar-refractivity contribution in [3.8, 4) is 5.75 Å². The second-order valence-electron chi connectivity index (χ2n) is 8.09. The van der Waals surface area contributed by atoms with Gasteiger partial charge in [-0.2, -0.15) is 0 Å². The number of allylic oxidation sites excluding steroid dienone is 1. The average Bonchev–Trinajstić information content (AvgIpc) is 3.25. The van der Waals surface area contributed by atoms with E-state index in [1.165, 1.54) is 23.9 Å². The second-order valence-corrected chi connectivity index (χ2v) is 9.03. The van der Waals surface area contributed by atoms with Crippen LogP contribution in [-0.4, -0.2) is 31.3 Å². The number of benzene rings is 3. The number of non-ortho nitro benzene ring substituents is 1. The van der Waals surface area contributed by atoms with Gasteiger partial charge in [0.1, 0.15) is 12.4 Å². The normalized spacial score (nSPS) is 10.8. The van der Waals surface area contributed by atoms with Crippen molar-refractivity contribution in [3.05, 3.63) is 94.3 Å². The topological polar surface area (TPSA) is 112 Å². The number of hydrogen-bond acceptors (Lipinski definition) is 7. The van der Waals surface area contributed by atoms with Crippen LogP contribution < -0.4 is 10.1 Å². The van der Waals surface area contributed by atoms with Crippen molar-refractivity contribution in [1.82, 2.24) is 14.8 Å². The molecule has 1 N–H and O–H groups in total. The molecule has 3 aromatic carbocycles. The highest BCUT2D eigenvalue weighted by atomic mass is 32.2. The van der Waals surface area contributed by atoms with Crippen LogP contribution in [0.15, 0.2) is 72.4 Å². The molecule has 0 bridgehead atoms. The van der Waals surface area contributed by atoms with Crippen LogP contribution in [0.25, 0.3) is 10.8 Å². The molecule has 1 amide bonds. The Morgan fingerprint density at radius 1 is 1.19 bits per heavy atom. The third-order valence-corrected chi connectivity index (χ3v) is 6.62. The van der Waals surface area contributed by atoms with Gasteiger partial charge in [-0.1, -0.05) is 54.2 Å². The number of carbonyl (C=O) groups excluding carboxylic acids is 1. The zero-order chi connectivity index (χ0) is 25.7. The van der Waals surface area contributed by atoms with Gasteiger partial charge >= 0.3 is 0 Å². The van der Waals surface area contributed by atoms with Crippen LogP contribution in [0.2, 0.25) is 0 Å². The van der Waals surface area contributed by atoms with Crippen molar-refractivity contribution < 1.29 is 14.5 Å². The lowest BCUT2D eigenvalue weighted by atomic mass is 10.0. The molecule has 4 aromatic rings. The summed E-state index contributed by atoms with van der Waals surface area (Å²) >= 11 is 1.22. The van der Waals surface area contributed by atoms with E-state index in [9.17, 15) is 14.9 Å². The van der Waals surface area contributed by atoms with E-state index in [2.05, 4.69) is 34.2 Å². The molecule has 36 heavy (non-hydrogen) atoms. The number of nitrogens with one attached hydrogen (secondary N) is 1. The van der Waals surface area contributed by atoms with Crippen molar-refractivity contribution in [1.29, 1.82) is 0 Å². The van der Waals surface area contributed by atoms with E-state index >= 15 is 0 Å². The molecule has 0 aliphatic heterocycles. The molecule has 4 rings (SSSR count). The van der Waals surface area contributed by atoms with Gasteiger partial charge in [-0.05, 0) is 41.8 Å². The van der Waals surface area contributed by atoms with Crippen molar-refractivity contribution in [2.75, 3.05) is 11.1 Å². The van der Waals surface area contributed by atoms with E-state index in [1.54, 1.807) is 19.1 Å². The zero-order valence-corrected chi connectivity index (χ0v) is 20.7. The number of aromatic nitrogens is 3. The lowest BCUT2D eigenvalue weighted by Crippen LogP contribution is -2.16. The first-order valence-electron chi connectivity index (χ1n) is 11.2. The van der Waals surface area contributed by atoms with Gasteiger partial charge in [-0.25, -0.2) is 0 Å². The molecular weight excluding hydrogens is 478 g/mol. The molecule has 0 unspecified atom stereocenters. The van der Waals surface area contributed by atoms with Gasteiger partial charge in [0, 0.05) is 18.7 Å². The van der Waals surface area contributed by atoms with Gasteiger partial charge < -0.3 is 10.1 Å². The minimum Gasteiger partial charge on any atom is -0.485 e. The molecular formula is C26H25N5O4S. The highest BCUT2D eigenvalue weighted by molar-refractivity contribution is 7.99. The molecule has 1 aromatic heterocycles. The number of fused-ring (bicyclic) bond motifs is 1. The Morgan fingerprint density at radius 2 is 2.00 bits per heavy atom. The zero-order valence-electron chi connectivity index (χ0n) is 19.9. The summed E-state index contributed by atoms with van der Waals surface area (Å²) < 4.78 is 7.93. The number of nitro benzene ring substituents is 1. The molecule has 0 aliphatic carbocycles. The molecule has 10 heteroatoms. The Kier molecular flexibility index (Phi) is 7.65. The standard InChI is InChI=1S/C26H25N5O4S/c1-4-13-30-24(15-35-23-12-10-19-7-5-6-8-21(19)18(23)3)28-29-26(30)36-16-25(32)27-22-14-20(31(33)34)11-9-17(22)2/h4-12,14H,1,13,15-16H2,2-3H3,(H,27,32). The number of carbonyl (C=O) groups is 1. The summed E-state index contributed by atoms with van der Waals surface area (Å²) in [5.41, 5.74) is 2.10. The third kappa shape index (κ3) is 5.55. The van der Waals surface area contributed by atoms with Gasteiger partial charge in [0.2, 0.25) is 5.91 Å². The Bertz CT molecular complexity index is 1450. The fraction of sp³-hybridized carbons (Fsp3) is 0.192. The second kappa shape index (κ2) is 11.0. The van der Waals surface area contributed by atoms with E-state index in [-0.39, 0.29) is 24.0 Å². The van der Waals surface area contributed by atoms with Crippen molar-refractivity contribution in [3.63, 3.8) is 0 Å². The highest BCUT2D eigenvalue weighted by Gasteiger charge is 2.16. The molecule has 0 saturated heterocycles. The van der Waals surface area contributed by atoms with Crippen molar-refractivity contribution >= 4 is 39.8 Å². The van der Waals surface area contributed by atoms with Gasteiger partial charge in [-0.3, -0.25) is 19.5 Å². The smallest absolute Gasteiger partial charge is 0.271 e. The van der Waals surface area contributed by atoms with Crippen LogP contribution in [0.4, 0.5) is 11.4 Å².